The van der Waals surface area contributed by atoms with Gasteiger partial charge in [0.05, 0.1) is 31.4 Å². The molecule has 0 spiro atoms. The van der Waals surface area contributed by atoms with Crippen LogP contribution in [0, 0.1) is 0 Å². The molecule has 6 heteroatoms. The minimum Gasteiger partial charge on any atom is -0.497 e. The Morgan fingerprint density at radius 1 is 1.21 bits per heavy atom. The van der Waals surface area contributed by atoms with Crippen LogP contribution in [0.1, 0.15) is 24.4 Å². The van der Waals surface area contributed by atoms with Gasteiger partial charge in [0.25, 0.3) is 0 Å². The number of methoxy groups -OCH3 is 1. The van der Waals surface area contributed by atoms with Crippen LogP contribution >= 0.6 is 0 Å². The molecule has 0 saturated carbocycles. The van der Waals surface area contributed by atoms with E-state index in [0.29, 0.717) is 6.54 Å². The molecule has 28 heavy (non-hydrogen) atoms. The van der Waals surface area contributed by atoms with Crippen molar-refractivity contribution in [3.63, 3.8) is 0 Å². The number of nitrogens with one attached hydrogen (secondary N) is 1. The Labute approximate surface area is 164 Å². The Bertz CT molecular complexity index is 922. The molecule has 2 aromatic carbocycles. The third-order valence-electron chi connectivity index (χ3n) is 5.17. The van der Waals surface area contributed by atoms with E-state index < -0.39 is 0 Å². The number of nitrogens with zero attached hydrogens (tertiary/aromatic N) is 3. The van der Waals surface area contributed by atoms with Crippen LogP contribution in [0.15, 0.2) is 67.3 Å². The minimum atomic E-state index is -0.00650. The largest absolute Gasteiger partial charge is 0.497 e. The molecule has 1 aromatic heterocycles. The monoisotopic (exact) mass is 376 g/mol. The Kier molecular flexibility index (Phi) is 5.39. The van der Waals surface area contributed by atoms with E-state index in [9.17, 15) is 4.79 Å². The van der Waals surface area contributed by atoms with Crippen LogP contribution in [-0.4, -0.2) is 40.6 Å². The average Bonchev–Trinajstić information content (AvgIpc) is 3.41. The Morgan fingerprint density at radius 3 is 2.79 bits per heavy atom. The highest BCUT2D eigenvalue weighted by Gasteiger charge is 2.27. The van der Waals surface area contributed by atoms with Crippen molar-refractivity contribution < 1.29 is 9.53 Å². The first-order valence-corrected chi connectivity index (χ1v) is 9.50. The lowest BCUT2D eigenvalue weighted by Gasteiger charge is -2.24. The number of amides is 1. The smallest absolute Gasteiger partial charge is 0.238 e. The van der Waals surface area contributed by atoms with E-state index in [4.69, 9.17) is 4.74 Å². The van der Waals surface area contributed by atoms with Crippen LogP contribution in [0.3, 0.4) is 0 Å². The summed E-state index contributed by atoms with van der Waals surface area (Å²) in [5, 5.41) is 3.07. The van der Waals surface area contributed by atoms with Gasteiger partial charge in [0, 0.05) is 18.4 Å². The van der Waals surface area contributed by atoms with Crippen molar-refractivity contribution in [1.29, 1.82) is 0 Å². The quantitative estimate of drug-likeness (QED) is 0.713. The zero-order chi connectivity index (χ0) is 19.3. The lowest BCUT2D eigenvalue weighted by atomic mass is 10.0. The molecular formula is C22H24N4O2. The van der Waals surface area contributed by atoms with Crippen molar-refractivity contribution in [2.24, 2.45) is 0 Å². The fourth-order valence-electron chi connectivity index (χ4n) is 3.80. The number of hydrogen-bond acceptors (Lipinski definition) is 4. The van der Waals surface area contributed by atoms with E-state index in [1.54, 1.807) is 19.6 Å². The molecule has 1 unspecified atom stereocenters. The number of imidazole rings is 1. The number of likely N-dealkylation sites (tertiary alicyclic amines) is 1. The maximum atomic E-state index is 12.8. The summed E-state index contributed by atoms with van der Waals surface area (Å²) in [7, 11) is 1.67. The zero-order valence-electron chi connectivity index (χ0n) is 15.9. The summed E-state index contributed by atoms with van der Waals surface area (Å²) in [4.78, 5) is 19.1. The molecule has 4 rings (SSSR count). The van der Waals surface area contributed by atoms with Crippen molar-refractivity contribution in [2.45, 2.75) is 18.9 Å². The highest BCUT2D eigenvalue weighted by Crippen LogP contribution is 2.32. The predicted molar refractivity (Wildman–Crippen MR) is 109 cm³/mol. The van der Waals surface area contributed by atoms with Gasteiger partial charge in [-0.05, 0) is 49.2 Å². The molecule has 3 aromatic rings. The lowest BCUT2D eigenvalue weighted by molar-refractivity contribution is -0.117. The van der Waals surface area contributed by atoms with Gasteiger partial charge in [-0.25, -0.2) is 4.98 Å². The van der Waals surface area contributed by atoms with Gasteiger partial charge >= 0.3 is 0 Å². The molecule has 2 heterocycles. The van der Waals surface area contributed by atoms with Gasteiger partial charge in [-0.1, -0.05) is 24.3 Å². The van der Waals surface area contributed by atoms with E-state index >= 15 is 0 Å². The maximum absolute atomic E-state index is 12.8. The number of carbonyl (C=O) groups is 1. The first kappa shape index (κ1) is 18.3. The summed E-state index contributed by atoms with van der Waals surface area (Å²) in [6, 6.07) is 16.2. The van der Waals surface area contributed by atoms with E-state index in [0.717, 1.165) is 36.5 Å². The number of anilines is 1. The minimum absolute atomic E-state index is 0.00650. The Hall–Kier alpha value is -3.12. The summed E-state index contributed by atoms with van der Waals surface area (Å²) < 4.78 is 7.14. The second-order valence-electron chi connectivity index (χ2n) is 6.94. The summed E-state index contributed by atoms with van der Waals surface area (Å²) in [5.41, 5.74) is 2.91. The number of para-hydroxylation sites is 2. The third-order valence-corrected chi connectivity index (χ3v) is 5.17. The van der Waals surface area contributed by atoms with Gasteiger partial charge in [-0.2, -0.15) is 0 Å². The normalized spacial score (nSPS) is 16.8. The molecule has 1 aliphatic heterocycles. The predicted octanol–water partition coefficient (Wildman–Crippen LogP) is 3.66. The number of rotatable bonds is 6. The second kappa shape index (κ2) is 8.27. The molecular weight excluding hydrogens is 352 g/mol. The first-order valence-electron chi connectivity index (χ1n) is 9.50. The lowest BCUT2D eigenvalue weighted by Crippen LogP contribution is -2.33. The molecule has 144 valence electrons. The van der Waals surface area contributed by atoms with Gasteiger partial charge in [-0.15, -0.1) is 0 Å². The fraction of sp³-hybridized carbons (Fsp3) is 0.273. The topological polar surface area (TPSA) is 59.4 Å². The molecule has 1 amide bonds. The van der Waals surface area contributed by atoms with Gasteiger partial charge in [0.1, 0.15) is 5.75 Å². The third kappa shape index (κ3) is 3.92. The molecule has 1 atom stereocenters. The van der Waals surface area contributed by atoms with Crippen LogP contribution in [0.2, 0.25) is 0 Å². The van der Waals surface area contributed by atoms with Gasteiger partial charge in [0.2, 0.25) is 5.91 Å². The number of carbonyl (C=O) groups excluding carboxylic acids is 1. The summed E-state index contributed by atoms with van der Waals surface area (Å²) >= 11 is 0. The van der Waals surface area contributed by atoms with E-state index in [2.05, 4.69) is 27.3 Å². The van der Waals surface area contributed by atoms with Crippen molar-refractivity contribution in [2.75, 3.05) is 25.5 Å². The summed E-state index contributed by atoms with van der Waals surface area (Å²) in [6.07, 6.45) is 7.47. The Balaban J connectivity index is 1.45. The summed E-state index contributed by atoms with van der Waals surface area (Å²) in [5.74, 6) is 0.843. The van der Waals surface area contributed by atoms with Crippen LogP contribution in [0.4, 0.5) is 5.69 Å². The van der Waals surface area contributed by atoms with Crippen molar-refractivity contribution >= 4 is 11.6 Å². The maximum Gasteiger partial charge on any atom is 0.238 e. The van der Waals surface area contributed by atoms with Crippen molar-refractivity contribution in [1.82, 2.24) is 14.5 Å². The zero-order valence-corrected chi connectivity index (χ0v) is 15.9. The van der Waals surface area contributed by atoms with E-state index in [1.807, 2.05) is 47.2 Å². The highest BCUT2D eigenvalue weighted by molar-refractivity contribution is 5.94. The number of aromatic nitrogens is 2. The second-order valence-corrected chi connectivity index (χ2v) is 6.94. The number of hydrogen-bond donors (Lipinski definition) is 1. The standard InChI is InChI=1S/C22H24N4O2/c1-28-18-10-8-17(9-11-18)20-7-4-13-25(20)15-22(27)24-19-5-2-3-6-21(19)26-14-12-23-16-26/h2-3,5-6,8-12,14,16,20H,4,7,13,15H2,1H3,(H,24,27). The summed E-state index contributed by atoms with van der Waals surface area (Å²) in [6.45, 7) is 1.29. The molecule has 0 radical (unpaired) electrons. The molecule has 1 fully saturated rings. The van der Waals surface area contributed by atoms with Crippen molar-refractivity contribution in [3.8, 4) is 11.4 Å². The molecule has 6 nitrogen and oxygen atoms in total. The molecule has 1 saturated heterocycles. The van der Waals surface area contributed by atoms with E-state index in [-0.39, 0.29) is 11.9 Å². The average molecular weight is 376 g/mol. The fourth-order valence-corrected chi connectivity index (χ4v) is 3.80. The van der Waals surface area contributed by atoms with Gasteiger partial charge < -0.3 is 14.6 Å². The molecule has 1 N–H and O–H groups in total. The molecule has 1 aliphatic rings. The molecule has 0 bridgehead atoms. The number of ether oxygens (including phenoxy) is 1. The van der Waals surface area contributed by atoms with Crippen molar-refractivity contribution in [3.05, 3.63) is 72.8 Å². The van der Waals surface area contributed by atoms with Gasteiger partial charge in [0.15, 0.2) is 0 Å². The molecule has 0 aliphatic carbocycles. The number of benzene rings is 2. The SMILES string of the molecule is COc1ccc(C2CCCN2CC(=O)Nc2ccccc2-n2ccnc2)cc1. The van der Waals surface area contributed by atoms with Crippen LogP contribution in [0.25, 0.3) is 5.69 Å². The van der Waals surface area contributed by atoms with Crippen LogP contribution < -0.4 is 10.1 Å². The van der Waals surface area contributed by atoms with Crippen LogP contribution in [-0.2, 0) is 4.79 Å². The van der Waals surface area contributed by atoms with Gasteiger partial charge in [-0.3, -0.25) is 9.69 Å². The Morgan fingerprint density at radius 2 is 2.04 bits per heavy atom. The highest BCUT2D eigenvalue weighted by atomic mass is 16.5. The van der Waals surface area contributed by atoms with E-state index in [1.165, 1.54) is 5.56 Å². The first-order chi connectivity index (χ1) is 13.7. The van der Waals surface area contributed by atoms with Crippen LogP contribution in [0.5, 0.6) is 5.75 Å².